The number of hydrogen-bond acceptors (Lipinski definition) is 4. The molecule has 1 saturated carbocycles. The van der Waals surface area contributed by atoms with Crippen LogP contribution < -0.4 is 4.74 Å². The fraction of sp³-hybridized carbons (Fsp3) is 0.750. The Morgan fingerprint density at radius 2 is 1.73 bits per heavy atom. The molecule has 1 aromatic carbocycles. The summed E-state index contributed by atoms with van der Waals surface area (Å²) in [4.78, 5) is 2.65. The van der Waals surface area contributed by atoms with E-state index in [-0.39, 0.29) is 0 Å². The molecule has 0 bridgehead atoms. The van der Waals surface area contributed by atoms with Crippen molar-refractivity contribution in [2.45, 2.75) is 57.3 Å². The van der Waals surface area contributed by atoms with Gasteiger partial charge in [-0.15, -0.1) is 0 Å². The van der Waals surface area contributed by atoms with Crippen LogP contribution in [-0.4, -0.2) is 63.7 Å². The van der Waals surface area contributed by atoms with Crippen LogP contribution in [0.1, 0.15) is 62.0 Å². The lowest BCUT2D eigenvalue weighted by molar-refractivity contribution is 0.182. The fourth-order valence-electron chi connectivity index (χ4n) is 5.60. The highest BCUT2D eigenvalue weighted by Gasteiger charge is 2.28. The quantitative estimate of drug-likeness (QED) is 0.653. The summed E-state index contributed by atoms with van der Waals surface area (Å²) < 4.78 is 31.4. The molecule has 0 spiro atoms. The molecule has 3 aliphatic rings. The molecular formula is C24H38N2O3S. The third kappa shape index (κ3) is 5.20. The van der Waals surface area contributed by atoms with Crippen LogP contribution in [0.3, 0.4) is 0 Å². The van der Waals surface area contributed by atoms with Crippen molar-refractivity contribution in [2.75, 3.05) is 46.1 Å². The molecule has 30 heavy (non-hydrogen) atoms. The van der Waals surface area contributed by atoms with Gasteiger partial charge in [-0.05, 0) is 81.1 Å². The monoisotopic (exact) mass is 434 g/mol. The van der Waals surface area contributed by atoms with Crippen LogP contribution in [0, 0.1) is 11.8 Å². The predicted molar refractivity (Wildman–Crippen MR) is 122 cm³/mol. The van der Waals surface area contributed by atoms with Gasteiger partial charge in [-0.3, -0.25) is 0 Å². The third-order valence-corrected chi connectivity index (χ3v) is 9.63. The van der Waals surface area contributed by atoms with E-state index in [0.717, 1.165) is 37.5 Å². The van der Waals surface area contributed by atoms with Crippen molar-refractivity contribution in [3.8, 4) is 5.75 Å². The second-order valence-electron chi connectivity index (χ2n) is 9.77. The van der Waals surface area contributed by atoms with Crippen LogP contribution in [0.4, 0.5) is 0 Å². The van der Waals surface area contributed by atoms with Crippen LogP contribution in [0.2, 0.25) is 0 Å². The van der Waals surface area contributed by atoms with Gasteiger partial charge in [-0.1, -0.05) is 25.0 Å². The topological polar surface area (TPSA) is 49.9 Å². The maximum atomic E-state index is 12.1. The second kappa shape index (κ2) is 9.58. The highest BCUT2D eigenvalue weighted by molar-refractivity contribution is 7.89. The Hall–Kier alpha value is -1.11. The number of likely N-dealkylation sites (tertiary alicyclic amines) is 1. The Balaban J connectivity index is 1.18. The van der Waals surface area contributed by atoms with Crippen molar-refractivity contribution in [1.29, 1.82) is 0 Å². The zero-order valence-electron chi connectivity index (χ0n) is 18.7. The van der Waals surface area contributed by atoms with Crippen molar-refractivity contribution in [1.82, 2.24) is 9.21 Å². The number of benzene rings is 1. The first-order chi connectivity index (χ1) is 14.4. The van der Waals surface area contributed by atoms with Gasteiger partial charge < -0.3 is 9.64 Å². The molecule has 0 unspecified atom stereocenters. The minimum absolute atomic E-state index is 0.328. The Kier molecular flexibility index (Phi) is 7.05. The summed E-state index contributed by atoms with van der Waals surface area (Å²) in [6.45, 7) is 4.44. The number of ether oxygens (including phenoxy) is 1. The van der Waals surface area contributed by atoms with Crippen LogP contribution in [0.5, 0.6) is 5.75 Å². The summed E-state index contributed by atoms with van der Waals surface area (Å²) in [5, 5.41) is 0. The minimum Gasteiger partial charge on any atom is -0.493 e. The van der Waals surface area contributed by atoms with E-state index in [1.165, 1.54) is 67.2 Å². The Labute approximate surface area is 182 Å². The summed E-state index contributed by atoms with van der Waals surface area (Å²) in [5.41, 5.74) is 3.00. The average molecular weight is 435 g/mol. The molecule has 2 aliphatic heterocycles. The molecule has 1 aromatic rings. The van der Waals surface area contributed by atoms with E-state index in [1.54, 1.807) is 14.1 Å². The maximum absolute atomic E-state index is 12.1. The van der Waals surface area contributed by atoms with Crippen LogP contribution in [-0.2, 0) is 16.4 Å². The molecule has 0 radical (unpaired) electrons. The summed E-state index contributed by atoms with van der Waals surface area (Å²) in [7, 11) is 0.224. The lowest BCUT2D eigenvalue weighted by Crippen LogP contribution is -2.35. The van der Waals surface area contributed by atoms with Gasteiger partial charge in [0.15, 0.2) is 0 Å². The summed E-state index contributed by atoms with van der Waals surface area (Å²) >= 11 is 0. The molecule has 168 valence electrons. The number of nitrogens with zero attached hydrogens (tertiary/aromatic N) is 2. The molecule has 2 heterocycles. The molecule has 0 atom stereocenters. The zero-order chi connectivity index (χ0) is 21.1. The van der Waals surface area contributed by atoms with E-state index in [4.69, 9.17) is 4.74 Å². The summed E-state index contributed by atoms with van der Waals surface area (Å²) in [6.07, 6.45) is 9.39. The Morgan fingerprint density at radius 1 is 1.03 bits per heavy atom. The summed E-state index contributed by atoms with van der Waals surface area (Å²) in [6, 6.07) is 6.60. The minimum atomic E-state index is -3.06. The van der Waals surface area contributed by atoms with Crippen molar-refractivity contribution in [3.05, 3.63) is 29.3 Å². The molecule has 2 fully saturated rings. The van der Waals surface area contributed by atoms with E-state index < -0.39 is 10.0 Å². The lowest BCUT2D eigenvalue weighted by atomic mass is 9.81. The number of fused-ring (bicyclic) bond motifs is 1. The number of hydrogen-bond donors (Lipinski definition) is 0. The van der Waals surface area contributed by atoms with E-state index in [1.807, 2.05) is 0 Å². The standard InChI is InChI=1S/C24H38N2O3S/c1-25(2)30(27,28)18-20-8-6-19(7-9-20)10-14-26-15-11-21(12-16-26)22-4-3-5-24-23(22)13-17-29-24/h3-5,19-21H,6-18H2,1-2H3. The number of sulfonamides is 1. The second-order valence-corrected chi connectivity index (χ2v) is 12.0. The van der Waals surface area contributed by atoms with Gasteiger partial charge in [0.05, 0.1) is 12.4 Å². The molecular weight excluding hydrogens is 396 g/mol. The SMILES string of the molecule is CN(C)S(=O)(=O)CC1CCC(CCN2CCC(c3cccc4c3CCO4)CC2)CC1. The van der Waals surface area contributed by atoms with Crippen molar-refractivity contribution >= 4 is 10.0 Å². The first-order valence-corrected chi connectivity index (χ1v) is 13.4. The molecule has 0 aromatic heterocycles. The number of piperidine rings is 1. The maximum Gasteiger partial charge on any atom is 0.213 e. The average Bonchev–Trinajstić information content (AvgIpc) is 3.22. The van der Waals surface area contributed by atoms with E-state index in [2.05, 4.69) is 23.1 Å². The normalized spacial score (nSPS) is 26.0. The zero-order valence-corrected chi connectivity index (χ0v) is 19.5. The Morgan fingerprint density at radius 3 is 2.43 bits per heavy atom. The first kappa shape index (κ1) is 22.1. The van der Waals surface area contributed by atoms with Gasteiger partial charge in [0, 0.05) is 26.1 Å². The summed E-state index contributed by atoms with van der Waals surface area (Å²) in [5.74, 6) is 3.25. The van der Waals surface area contributed by atoms with E-state index >= 15 is 0 Å². The van der Waals surface area contributed by atoms with Gasteiger partial charge in [0.1, 0.15) is 5.75 Å². The van der Waals surface area contributed by atoms with E-state index in [9.17, 15) is 8.42 Å². The van der Waals surface area contributed by atoms with Gasteiger partial charge in [-0.25, -0.2) is 12.7 Å². The van der Waals surface area contributed by atoms with Crippen molar-refractivity contribution in [2.24, 2.45) is 11.8 Å². The first-order valence-electron chi connectivity index (χ1n) is 11.8. The molecule has 5 nitrogen and oxygen atoms in total. The fourth-order valence-corrected chi connectivity index (χ4v) is 6.82. The lowest BCUT2D eigenvalue weighted by Gasteiger charge is -2.35. The third-order valence-electron chi connectivity index (χ3n) is 7.63. The highest BCUT2D eigenvalue weighted by atomic mass is 32.2. The molecule has 4 rings (SSSR count). The predicted octanol–water partition coefficient (Wildman–Crippen LogP) is 3.89. The smallest absolute Gasteiger partial charge is 0.213 e. The molecule has 0 N–H and O–H groups in total. The molecule has 6 heteroatoms. The van der Waals surface area contributed by atoms with Gasteiger partial charge in [0.2, 0.25) is 10.0 Å². The van der Waals surface area contributed by atoms with Crippen molar-refractivity contribution < 1.29 is 13.2 Å². The van der Waals surface area contributed by atoms with Gasteiger partial charge in [0.25, 0.3) is 0 Å². The molecule has 1 aliphatic carbocycles. The van der Waals surface area contributed by atoms with Crippen LogP contribution in [0.25, 0.3) is 0 Å². The molecule has 1 saturated heterocycles. The van der Waals surface area contributed by atoms with Crippen LogP contribution in [0.15, 0.2) is 18.2 Å². The molecule has 0 amide bonds. The van der Waals surface area contributed by atoms with Gasteiger partial charge in [-0.2, -0.15) is 0 Å². The van der Waals surface area contributed by atoms with Gasteiger partial charge >= 0.3 is 0 Å². The van der Waals surface area contributed by atoms with Crippen LogP contribution >= 0.6 is 0 Å². The van der Waals surface area contributed by atoms with E-state index in [0.29, 0.717) is 17.6 Å². The number of rotatable bonds is 7. The largest absolute Gasteiger partial charge is 0.493 e. The Bertz CT molecular complexity index is 808. The highest BCUT2D eigenvalue weighted by Crippen LogP contribution is 2.37. The van der Waals surface area contributed by atoms with Crippen molar-refractivity contribution in [3.63, 3.8) is 0 Å².